The van der Waals surface area contributed by atoms with Crippen LogP contribution < -0.4 is 5.32 Å². The molecule has 1 aliphatic rings. The van der Waals surface area contributed by atoms with Gasteiger partial charge in [-0.25, -0.2) is 0 Å². The first-order chi connectivity index (χ1) is 8.33. The van der Waals surface area contributed by atoms with Gasteiger partial charge in [0.05, 0.1) is 5.02 Å². The van der Waals surface area contributed by atoms with Crippen LogP contribution in [0.5, 0.6) is 0 Å². The number of aromatic nitrogens is 1. The van der Waals surface area contributed by atoms with E-state index in [2.05, 4.69) is 21.8 Å². The predicted molar refractivity (Wildman–Crippen MR) is 85.7 cm³/mol. The van der Waals surface area contributed by atoms with Crippen LogP contribution in [0.4, 0.5) is 0 Å². The SMILES string of the molecule is C=CC[C@@H](c1ccncc1Cl)N1CCNCC1.Cl.Cl. The Morgan fingerprint density at radius 2 is 2.11 bits per heavy atom. The molecule has 1 aromatic rings. The van der Waals surface area contributed by atoms with Gasteiger partial charge in [-0.15, -0.1) is 31.4 Å². The number of halogens is 3. The van der Waals surface area contributed by atoms with Crippen LogP contribution in [0.1, 0.15) is 18.0 Å². The van der Waals surface area contributed by atoms with Crippen molar-refractivity contribution in [3.05, 3.63) is 41.7 Å². The molecule has 1 fully saturated rings. The molecule has 0 aromatic carbocycles. The van der Waals surface area contributed by atoms with Crippen molar-refractivity contribution < 1.29 is 0 Å². The van der Waals surface area contributed by atoms with E-state index < -0.39 is 0 Å². The maximum absolute atomic E-state index is 6.23. The van der Waals surface area contributed by atoms with Crippen LogP contribution in [-0.4, -0.2) is 36.1 Å². The highest BCUT2D eigenvalue weighted by molar-refractivity contribution is 6.31. The van der Waals surface area contributed by atoms with E-state index in [9.17, 15) is 0 Å². The summed E-state index contributed by atoms with van der Waals surface area (Å²) in [5, 5.41) is 4.11. The number of piperazine rings is 1. The van der Waals surface area contributed by atoms with Crippen LogP contribution in [0.15, 0.2) is 31.1 Å². The zero-order chi connectivity index (χ0) is 12.1. The van der Waals surface area contributed by atoms with Gasteiger partial charge in [0.15, 0.2) is 0 Å². The number of hydrogen-bond acceptors (Lipinski definition) is 3. The van der Waals surface area contributed by atoms with E-state index in [-0.39, 0.29) is 24.8 Å². The van der Waals surface area contributed by atoms with Gasteiger partial charge in [-0.05, 0) is 18.1 Å². The van der Waals surface area contributed by atoms with Gasteiger partial charge >= 0.3 is 0 Å². The van der Waals surface area contributed by atoms with E-state index in [0.717, 1.165) is 43.2 Å². The first-order valence-electron chi connectivity index (χ1n) is 5.98. The third-order valence-corrected chi connectivity index (χ3v) is 3.46. The quantitative estimate of drug-likeness (QED) is 0.863. The highest BCUT2D eigenvalue weighted by Crippen LogP contribution is 2.29. The van der Waals surface area contributed by atoms with Crippen LogP contribution in [-0.2, 0) is 0 Å². The summed E-state index contributed by atoms with van der Waals surface area (Å²) < 4.78 is 0. The number of rotatable bonds is 4. The Bertz CT molecular complexity index is 381. The molecule has 0 radical (unpaired) electrons. The Labute approximate surface area is 132 Å². The number of nitrogens with one attached hydrogen (secondary N) is 1. The molecule has 0 bridgehead atoms. The Hall–Kier alpha value is -0.320. The summed E-state index contributed by atoms with van der Waals surface area (Å²) in [6.45, 7) is 8.03. The fourth-order valence-corrected chi connectivity index (χ4v) is 2.53. The van der Waals surface area contributed by atoms with Gasteiger partial charge in [-0.3, -0.25) is 9.88 Å². The second kappa shape index (κ2) is 9.56. The maximum atomic E-state index is 6.23. The lowest BCUT2D eigenvalue weighted by molar-refractivity contribution is 0.174. The fourth-order valence-electron chi connectivity index (χ4n) is 2.28. The molecule has 0 amide bonds. The molecule has 1 aliphatic heterocycles. The number of nitrogens with zero attached hydrogens (tertiary/aromatic N) is 2. The standard InChI is InChI=1S/C13H18ClN3.2ClH/c1-2-3-13(17-8-6-15-7-9-17)11-4-5-16-10-12(11)14;;/h2,4-5,10,13,15H,1,3,6-9H2;2*1H/t13-;;/m0../s1. The normalized spacial score (nSPS) is 16.9. The Morgan fingerprint density at radius 1 is 1.42 bits per heavy atom. The average molecular weight is 325 g/mol. The van der Waals surface area contributed by atoms with Gasteiger partial charge in [-0.1, -0.05) is 17.7 Å². The maximum Gasteiger partial charge on any atom is 0.0637 e. The molecule has 0 unspecified atom stereocenters. The van der Waals surface area contributed by atoms with Crippen LogP contribution in [0.3, 0.4) is 0 Å². The van der Waals surface area contributed by atoms with Crippen molar-refractivity contribution in [3.8, 4) is 0 Å². The van der Waals surface area contributed by atoms with Gasteiger partial charge in [-0.2, -0.15) is 0 Å². The molecule has 0 spiro atoms. The van der Waals surface area contributed by atoms with Gasteiger partial charge in [0.1, 0.15) is 0 Å². The van der Waals surface area contributed by atoms with Crippen LogP contribution in [0.25, 0.3) is 0 Å². The molecule has 2 rings (SSSR count). The molecular weight excluding hydrogens is 305 g/mol. The van der Waals surface area contributed by atoms with Crippen molar-refractivity contribution in [1.29, 1.82) is 0 Å². The van der Waals surface area contributed by atoms with Crippen molar-refractivity contribution in [2.24, 2.45) is 0 Å². The predicted octanol–water partition coefficient (Wildman–Crippen LogP) is 3.10. The highest BCUT2D eigenvalue weighted by atomic mass is 35.5. The first kappa shape index (κ1) is 18.7. The molecule has 1 aromatic heterocycles. The number of pyridine rings is 1. The second-order valence-corrected chi connectivity index (χ2v) is 4.63. The lowest BCUT2D eigenvalue weighted by atomic mass is 10.0. The van der Waals surface area contributed by atoms with Crippen LogP contribution in [0, 0.1) is 0 Å². The first-order valence-corrected chi connectivity index (χ1v) is 6.36. The minimum Gasteiger partial charge on any atom is -0.314 e. The van der Waals surface area contributed by atoms with E-state index in [0.29, 0.717) is 6.04 Å². The van der Waals surface area contributed by atoms with Crippen LogP contribution in [0.2, 0.25) is 5.02 Å². The topological polar surface area (TPSA) is 28.2 Å². The molecule has 1 atom stereocenters. The minimum atomic E-state index is 0. The van der Waals surface area contributed by atoms with Gasteiger partial charge in [0.25, 0.3) is 0 Å². The largest absolute Gasteiger partial charge is 0.314 e. The Balaban J connectivity index is 0.00000162. The summed E-state index contributed by atoms with van der Waals surface area (Å²) in [5.74, 6) is 0. The van der Waals surface area contributed by atoms with E-state index in [1.165, 1.54) is 0 Å². The van der Waals surface area contributed by atoms with Crippen molar-refractivity contribution >= 4 is 36.4 Å². The van der Waals surface area contributed by atoms with Crippen molar-refractivity contribution in [3.63, 3.8) is 0 Å². The van der Waals surface area contributed by atoms with Gasteiger partial charge in [0.2, 0.25) is 0 Å². The summed E-state index contributed by atoms with van der Waals surface area (Å²) in [6.07, 6.45) is 6.40. The smallest absolute Gasteiger partial charge is 0.0637 e. The summed E-state index contributed by atoms with van der Waals surface area (Å²) in [7, 11) is 0. The van der Waals surface area contributed by atoms with E-state index >= 15 is 0 Å². The molecule has 1 saturated heterocycles. The van der Waals surface area contributed by atoms with Crippen LogP contribution >= 0.6 is 36.4 Å². The molecule has 2 heterocycles. The van der Waals surface area contributed by atoms with Crippen molar-refractivity contribution in [1.82, 2.24) is 15.2 Å². The summed E-state index contributed by atoms with van der Waals surface area (Å²) >= 11 is 6.23. The monoisotopic (exact) mass is 323 g/mol. The van der Waals surface area contributed by atoms with E-state index in [4.69, 9.17) is 11.6 Å². The summed E-state index contributed by atoms with van der Waals surface area (Å²) in [6, 6.07) is 2.34. The fraction of sp³-hybridized carbons (Fsp3) is 0.462. The summed E-state index contributed by atoms with van der Waals surface area (Å²) in [5.41, 5.74) is 1.16. The number of hydrogen-bond donors (Lipinski definition) is 1. The van der Waals surface area contributed by atoms with Crippen molar-refractivity contribution in [2.75, 3.05) is 26.2 Å². The molecule has 0 aliphatic carbocycles. The molecule has 19 heavy (non-hydrogen) atoms. The Kier molecular flexibility index (Phi) is 9.40. The molecule has 3 nitrogen and oxygen atoms in total. The molecule has 108 valence electrons. The second-order valence-electron chi connectivity index (χ2n) is 4.22. The molecule has 6 heteroatoms. The lowest BCUT2D eigenvalue weighted by Gasteiger charge is -2.35. The third-order valence-electron chi connectivity index (χ3n) is 3.15. The zero-order valence-electron chi connectivity index (χ0n) is 10.7. The zero-order valence-corrected chi connectivity index (χ0v) is 13.1. The summed E-state index contributed by atoms with van der Waals surface area (Å²) in [4.78, 5) is 6.50. The average Bonchev–Trinajstić information content (AvgIpc) is 2.38. The van der Waals surface area contributed by atoms with Crippen molar-refractivity contribution in [2.45, 2.75) is 12.5 Å². The third kappa shape index (κ3) is 4.93. The van der Waals surface area contributed by atoms with Gasteiger partial charge in [0, 0.05) is 44.6 Å². The lowest BCUT2D eigenvalue weighted by Crippen LogP contribution is -2.45. The highest BCUT2D eigenvalue weighted by Gasteiger charge is 2.22. The van der Waals surface area contributed by atoms with Gasteiger partial charge < -0.3 is 5.32 Å². The minimum absolute atomic E-state index is 0. The Morgan fingerprint density at radius 3 is 2.68 bits per heavy atom. The van der Waals surface area contributed by atoms with E-state index in [1.807, 2.05) is 12.1 Å². The molecule has 0 saturated carbocycles. The van der Waals surface area contributed by atoms with E-state index in [1.54, 1.807) is 12.4 Å². The molecule has 1 N–H and O–H groups in total. The molecular formula is C13H20Cl3N3.